The molecular formula is C42H26N2S. The van der Waals surface area contributed by atoms with Crippen LogP contribution in [0, 0.1) is 0 Å². The van der Waals surface area contributed by atoms with Crippen LogP contribution in [-0.4, -0.2) is 9.13 Å². The molecule has 0 unspecified atom stereocenters. The van der Waals surface area contributed by atoms with Gasteiger partial charge in [-0.1, -0.05) is 103 Å². The molecule has 0 fully saturated rings. The van der Waals surface area contributed by atoms with Crippen molar-refractivity contribution in [3.8, 4) is 22.5 Å². The summed E-state index contributed by atoms with van der Waals surface area (Å²) >= 11 is 1.90. The van der Waals surface area contributed by atoms with Crippen molar-refractivity contribution in [1.29, 1.82) is 0 Å². The Morgan fingerprint density at radius 2 is 0.956 bits per heavy atom. The van der Waals surface area contributed by atoms with E-state index in [1.165, 1.54) is 86.3 Å². The van der Waals surface area contributed by atoms with Crippen LogP contribution in [0.5, 0.6) is 0 Å². The van der Waals surface area contributed by atoms with Crippen LogP contribution in [0.2, 0.25) is 0 Å². The monoisotopic (exact) mass is 590 g/mol. The number of para-hydroxylation sites is 2. The standard InChI is InChI=1S/C42H26N2S/c1-4-12-27(13-5-1)28-20-23-37-34(24-28)36-25-35-32-21-22-33-31-18-10-11-19-40(31)45-42(33)41(32)44(30-16-8-3-9-17-30)39(35)26-38(36)43(37)29-14-6-2-7-15-29/h1-26H. The van der Waals surface area contributed by atoms with E-state index in [0.717, 1.165) is 0 Å². The minimum Gasteiger partial charge on any atom is -0.309 e. The average Bonchev–Trinajstić information content (AvgIpc) is 3.75. The maximum atomic E-state index is 2.49. The highest BCUT2D eigenvalue weighted by atomic mass is 32.1. The molecular weight excluding hydrogens is 565 g/mol. The van der Waals surface area contributed by atoms with Crippen LogP contribution in [0.4, 0.5) is 0 Å². The zero-order valence-electron chi connectivity index (χ0n) is 24.3. The summed E-state index contributed by atoms with van der Waals surface area (Å²) < 4.78 is 7.58. The zero-order valence-corrected chi connectivity index (χ0v) is 25.1. The van der Waals surface area contributed by atoms with Crippen LogP contribution in [0.25, 0.3) is 86.3 Å². The summed E-state index contributed by atoms with van der Waals surface area (Å²) in [7, 11) is 0. The fourth-order valence-electron chi connectivity index (χ4n) is 7.30. The number of fused-ring (bicyclic) bond motifs is 10. The topological polar surface area (TPSA) is 9.86 Å². The van der Waals surface area contributed by atoms with Crippen LogP contribution in [-0.2, 0) is 0 Å². The molecule has 7 aromatic carbocycles. The Labute approximate surface area is 263 Å². The maximum Gasteiger partial charge on any atom is 0.0719 e. The van der Waals surface area contributed by atoms with Gasteiger partial charge < -0.3 is 9.13 Å². The van der Waals surface area contributed by atoms with Gasteiger partial charge in [0.05, 0.1) is 26.8 Å². The number of rotatable bonds is 3. The highest BCUT2D eigenvalue weighted by molar-refractivity contribution is 7.26. The number of aromatic nitrogens is 2. The third-order valence-corrected chi connectivity index (χ3v) is 10.5. The molecule has 0 bridgehead atoms. The van der Waals surface area contributed by atoms with Gasteiger partial charge in [0.2, 0.25) is 0 Å². The Bertz CT molecular complexity index is 2730. The summed E-state index contributed by atoms with van der Waals surface area (Å²) in [5.41, 5.74) is 9.73. The molecule has 0 atom stereocenters. The smallest absolute Gasteiger partial charge is 0.0719 e. The molecule has 10 aromatic rings. The van der Waals surface area contributed by atoms with Crippen molar-refractivity contribution >= 4 is 75.1 Å². The van der Waals surface area contributed by atoms with Gasteiger partial charge in [0, 0.05) is 48.4 Å². The first-order valence-corrected chi connectivity index (χ1v) is 16.2. The first-order chi connectivity index (χ1) is 22.3. The second-order valence-electron chi connectivity index (χ2n) is 11.8. The van der Waals surface area contributed by atoms with Crippen molar-refractivity contribution in [3.63, 3.8) is 0 Å². The first-order valence-electron chi connectivity index (χ1n) is 15.4. The van der Waals surface area contributed by atoms with Crippen LogP contribution >= 0.6 is 11.3 Å². The fourth-order valence-corrected chi connectivity index (χ4v) is 8.54. The third kappa shape index (κ3) is 3.56. The lowest BCUT2D eigenvalue weighted by Crippen LogP contribution is -1.95. The average molecular weight is 591 g/mol. The molecule has 3 heteroatoms. The molecule has 0 aliphatic rings. The van der Waals surface area contributed by atoms with Gasteiger partial charge in [-0.2, -0.15) is 0 Å². The number of thiophene rings is 1. The van der Waals surface area contributed by atoms with E-state index in [4.69, 9.17) is 0 Å². The van der Waals surface area contributed by atoms with Gasteiger partial charge in [-0.05, 0) is 65.7 Å². The molecule has 10 rings (SSSR count). The highest BCUT2D eigenvalue weighted by Crippen LogP contribution is 2.45. The molecule has 0 amide bonds. The molecule has 0 radical (unpaired) electrons. The van der Waals surface area contributed by atoms with Crippen LogP contribution in [0.15, 0.2) is 158 Å². The Morgan fingerprint density at radius 3 is 1.73 bits per heavy atom. The maximum absolute atomic E-state index is 2.49. The van der Waals surface area contributed by atoms with E-state index in [1.807, 2.05) is 11.3 Å². The highest BCUT2D eigenvalue weighted by Gasteiger charge is 2.21. The quantitative estimate of drug-likeness (QED) is 0.194. The second kappa shape index (κ2) is 9.43. The molecule has 0 saturated heterocycles. The molecule has 45 heavy (non-hydrogen) atoms. The molecule has 0 aliphatic heterocycles. The number of hydrogen-bond donors (Lipinski definition) is 0. The zero-order chi connectivity index (χ0) is 29.5. The lowest BCUT2D eigenvalue weighted by molar-refractivity contribution is 1.17. The predicted molar refractivity (Wildman–Crippen MR) is 193 cm³/mol. The molecule has 0 aliphatic carbocycles. The molecule has 210 valence electrons. The van der Waals surface area contributed by atoms with Gasteiger partial charge in [0.1, 0.15) is 0 Å². The molecule has 0 spiro atoms. The van der Waals surface area contributed by atoms with Crippen molar-refractivity contribution in [2.75, 3.05) is 0 Å². The van der Waals surface area contributed by atoms with Crippen molar-refractivity contribution < 1.29 is 0 Å². The number of benzene rings is 7. The summed E-state index contributed by atoms with van der Waals surface area (Å²) in [4.78, 5) is 0. The SMILES string of the molecule is c1ccc(-c2ccc3c(c2)c2cc4c5ccc6c7ccccc7sc6c5n(-c5ccccc5)c4cc2n3-c2ccccc2)cc1. The summed E-state index contributed by atoms with van der Waals surface area (Å²) in [6.07, 6.45) is 0. The van der Waals surface area contributed by atoms with E-state index in [2.05, 4.69) is 167 Å². The molecule has 3 aromatic heterocycles. The van der Waals surface area contributed by atoms with Gasteiger partial charge in [-0.3, -0.25) is 0 Å². The minimum absolute atomic E-state index is 1.17. The van der Waals surface area contributed by atoms with E-state index >= 15 is 0 Å². The number of nitrogens with zero attached hydrogens (tertiary/aromatic N) is 2. The van der Waals surface area contributed by atoms with E-state index in [1.54, 1.807) is 0 Å². The summed E-state index contributed by atoms with van der Waals surface area (Å²) in [6, 6.07) is 57.6. The van der Waals surface area contributed by atoms with Gasteiger partial charge in [-0.25, -0.2) is 0 Å². The largest absolute Gasteiger partial charge is 0.309 e. The van der Waals surface area contributed by atoms with Crippen molar-refractivity contribution in [2.24, 2.45) is 0 Å². The minimum atomic E-state index is 1.17. The summed E-state index contributed by atoms with van der Waals surface area (Å²) in [5, 5.41) is 7.74. The van der Waals surface area contributed by atoms with E-state index < -0.39 is 0 Å². The lowest BCUT2D eigenvalue weighted by Gasteiger charge is -2.10. The van der Waals surface area contributed by atoms with Crippen molar-refractivity contribution in [3.05, 3.63) is 158 Å². The van der Waals surface area contributed by atoms with Gasteiger partial charge in [0.25, 0.3) is 0 Å². The second-order valence-corrected chi connectivity index (χ2v) is 12.8. The van der Waals surface area contributed by atoms with Gasteiger partial charge in [-0.15, -0.1) is 11.3 Å². The van der Waals surface area contributed by atoms with E-state index in [0.29, 0.717) is 0 Å². The van der Waals surface area contributed by atoms with E-state index in [-0.39, 0.29) is 0 Å². The van der Waals surface area contributed by atoms with Gasteiger partial charge in [0.15, 0.2) is 0 Å². The van der Waals surface area contributed by atoms with Crippen LogP contribution in [0.3, 0.4) is 0 Å². The lowest BCUT2D eigenvalue weighted by atomic mass is 10.0. The van der Waals surface area contributed by atoms with Crippen molar-refractivity contribution in [1.82, 2.24) is 9.13 Å². The van der Waals surface area contributed by atoms with Crippen LogP contribution in [0.1, 0.15) is 0 Å². The van der Waals surface area contributed by atoms with Crippen LogP contribution < -0.4 is 0 Å². The molecule has 0 N–H and O–H groups in total. The summed E-state index contributed by atoms with van der Waals surface area (Å²) in [6.45, 7) is 0. The third-order valence-electron chi connectivity index (χ3n) is 9.29. The number of hydrogen-bond acceptors (Lipinski definition) is 1. The molecule has 3 heterocycles. The van der Waals surface area contributed by atoms with E-state index in [9.17, 15) is 0 Å². The van der Waals surface area contributed by atoms with Gasteiger partial charge >= 0.3 is 0 Å². The predicted octanol–water partition coefficient (Wildman–Crippen LogP) is 11.9. The Kier molecular flexibility index (Phi) is 5.19. The molecule has 0 saturated carbocycles. The molecule has 2 nitrogen and oxygen atoms in total. The van der Waals surface area contributed by atoms with Crippen molar-refractivity contribution in [2.45, 2.75) is 0 Å². The Morgan fingerprint density at radius 1 is 0.356 bits per heavy atom. The Hall–Kier alpha value is -5.64. The first kappa shape index (κ1) is 24.8. The summed E-state index contributed by atoms with van der Waals surface area (Å²) in [5.74, 6) is 0. The fraction of sp³-hybridized carbons (Fsp3) is 0. The normalized spacial score (nSPS) is 12.0. The Balaban J connectivity index is 1.40.